The molecule has 0 bridgehead atoms. The molecule has 2 N–H and O–H groups in total. The van der Waals surface area contributed by atoms with Crippen molar-refractivity contribution in [2.75, 3.05) is 13.2 Å². The number of nitro groups is 1. The molecule has 0 radical (unpaired) electrons. The van der Waals surface area contributed by atoms with Crippen molar-refractivity contribution in [3.63, 3.8) is 0 Å². The number of hydrogen-bond donors (Lipinski definition) is 2. The van der Waals surface area contributed by atoms with Gasteiger partial charge < -0.3 is 15.0 Å². The number of aliphatic hydroxyl groups is 1. The number of rotatable bonds is 3. The van der Waals surface area contributed by atoms with E-state index in [4.69, 9.17) is 0 Å². The van der Waals surface area contributed by atoms with E-state index < -0.39 is 4.92 Å². The lowest BCUT2D eigenvalue weighted by atomic mass is 10.1. The molecule has 1 aromatic heterocycles. The van der Waals surface area contributed by atoms with Gasteiger partial charge in [0.1, 0.15) is 5.69 Å². The Labute approximate surface area is 110 Å². The zero-order valence-electron chi connectivity index (χ0n) is 10.5. The molecule has 1 aliphatic heterocycles. The van der Waals surface area contributed by atoms with Crippen molar-refractivity contribution in [3.8, 4) is 0 Å². The molecule has 1 aromatic rings. The van der Waals surface area contributed by atoms with Gasteiger partial charge in [0.25, 0.3) is 11.6 Å². The smallest absolute Gasteiger partial charge is 0.287 e. The summed E-state index contributed by atoms with van der Waals surface area (Å²) >= 11 is 0. The van der Waals surface area contributed by atoms with Gasteiger partial charge in [0, 0.05) is 12.6 Å². The van der Waals surface area contributed by atoms with Gasteiger partial charge in [0.05, 0.1) is 23.8 Å². The Bertz CT molecular complexity index is 471. The molecule has 0 spiro atoms. The van der Waals surface area contributed by atoms with E-state index in [-0.39, 0.29) is 29.9 Å². The fourth-order valence-corrected chi connectivity index (χ4v) is 2.40. The number of hydrogen-bond acceptors (Lipinski definition) is 4. The van der Waals surface area contributed by atoms with Gasteiger partial charge in [-0.2, -0.15) is 0 Å². The number of aliphatic hydroxyl groups excluding tert-OH is 1. The van der Waals surface area contributed by atoms with Gasteiger partial charge in [-0.1, -0.05) is 12.8 Å². The van der Waals surface area contributed by atoms with Crippen molar-refractivity contribution in [2.24, 2.45) is 0 Å². The average Bonchev–Trinajstić information content (AvgIpc) is 2.77. The topological polar surface area (TPSA) is 99.5 Å². The van der Waals surface area contributed by atoms with Crippen LogP contribution < -0.4 is 0 Å². The van der Waals surface area contributed by atoms with E-state index in [1.165, 1.54) is 12.3 Å². The van der Waals surface area contributed by atoms with Gasteiger partial charge in [-0.05, 0) is 12.8 Å². The summed E-state index contributed by atoms with van der Waals surface area (Å²) in [5, 5.41) is 20.0. The fourth-order valence-electron chi connectivity index (χ4n) is 2.40. The number of aromatic amines is 1. The van der Waals surface area contributed by atoms with Crippen LogP contribution in [0.5, 0.6) is 0 Å². The second-order valence-corrected chi connectivity index (χ2v) is 4.71. The van der Waals surface area contributed by atoms with Gasteiger partial charge in [-0.3, -0.25) is 14.9 Å². The first kappa shape index (κ1) is 13.5. The van der Waals surface area contributed by atoms with E-state index in [2.05, 4.69) is 4.98 Å². The molecule has 104 valence electrons. The van der Waals surface area contributed by atoms with E-state index in [9.17, 15) is 20.0 Å². The molecule has 7 nitrogen and oxygen atoms in total. The molecule has 0 saturated carbocycles. The molecule has 1 fully saturated rings. The molecule has 1 aliphatic rings. The lowest BCUT2D eigenvalue weighted by Crippen LogP contribution is -2.42. The molecule has 1 atom stereocenters. The highest BCUT2D eigenvalue weighted by Gasteiger charge is 2.27. The van der Waals surface area contributed by atoms with Crippen LogP contribution in [0, 0.1) is 10.1 Å². The summed E-state index contributed by atoms with van der Waals surface area (Å²) in [4.78, 5) is 26.6. The SMILES string of the molecule is O=C(c1cc([N+](=O)[O-])c[nH]1)N1CCCCCC1CO. The molecule has 1 saturated heterocycles. The Kier molecular flexibility index (Phi) is 4.16. The van der Waals surface area contributed by atoms with Crippen LogP contribution >= 0.6 is 0 Å². The number of nitrogens with one attached hydrogen (secondary N) is 1. The van der Waals surface area contributed by atoms with E-state index in [0.717, 1.165) is 25.7 Å². The molecule has 19 heavy (non-hydrogen) atoms. The van der Waals surface area contributed by atoms with Gasteiger partial charge in [-0.15, -0.1) is 0 Å². The second-order valence-electron chi connectivity index (χ2n) is 4.71. The lowest BCUT2D eigenvalue weighted by molar-refractivity contribution is -0.384. The van der Waals surface area contributed by atoms with Gasteiger partial charge >= 0.3 is 0 Å². The first-order valence-corrected chi connectivity index (χ1v) is 6.38. The highest BCUT2D eigenvalue weighted by Crippen LogP contribution is 2.20. The van der Waals surface area contributed by atoms with Crippen LogP contribution in [0.2, 0.25) is 0 Å². The van der Waals surface area contributed by atoms with Crippen LogP contribution in [0.1, 0.15) is 36.2 Å². The number of H-pyrrole nitrogens is 1. The summed E-state index contributed by atoms with van der Waals surface area (Å²) in [5.74, 6) is -0.283. The van der Waals surface area contributed by atoms with Gasteiger partial charge in [0.15, 0.2) is 0 Å². The Morgan fingerprint density at radius 2 is 2.32 bits per heavy atom. The maximum absolute atomic E-state index is 12.3. The molecular formula is C12H17N3O4. The van der Waals surface area contributed by atoms with Crippen molar-refractivity contribution in [1.29, 1.82) is 0 Å². The number of carbonyl (C=O) groups excluding carboxylic acids is 1. The van der Waals surface area contributed by atoms with Crippen molar-refractivity contribution in [3.05, 3.63) is 28.1 Å². The van der Waals surface area contributed by atoms with Gasteiger partial charge in [0.2, 0.25) is 0 Å². The fraction of sp³-hybridized carbons (Fsp3) is 0.583. The number of likely N-dealkylation sites (tertiary alicyclic amines) is 1. The molecular weight excluding hydrogens is 250 g/mol. The minimum absolute atomic E-state index is 0.0749. The zero-order valence-corrected chi connectivity index (χ0v) is 10.5. The first-order chi connectivity index (χ1) is 9.13. The monoisotopic (exact) mass is 267 g/mol. The molecule has 2 rings (SSSR count). The third-order valence-electron chi connectivity index (χ3n) is 3.46. The maximum Gasteiger partial charge on any atom is 0.287 e. The maximum atomic E-state index is 12.3. The van der Waals surface area contributed by atoms with E-state index in [1.54, 1.807) is 4.90 Å². The number of carbonyl (C=O) groups is 1. The largest absolute Gasteiger partial charge is 0.394 e. The predicted octanol–water partition coefficient (Wildman–Crippen LogP) is 1.30. The lowest BCUT2D eigenvalue weighted by Gasteiger charge is -2.28. The van der Waals surface area contributed by atoms with Crippen LogP contribution in [0.25, 0.3) is 0 Å². The Balaban J connectivity index is 2.17. The van der Waals surface area contributed by atoms with Gasteiger partial charge in [-0.25, -0.2) is 0 Å². The van der Waals surface area contributed by atoms with Crippen LogP contribution in [0.3, 0.4) is 0 Å². The summed E-state index contributed by atoms with van der Waals surface area (Å²) in [5.41, 5.74) is 0.0748. The average molecular weight is 267 g/mol. The molecule has 1 amide bonds. The molecule has 0 aliphatic carbocycles. The summed E-state index contributed by atoms with van der Waals surface area (Å²) in [6.45, 7) is 0.505. The summed E-state index contributed by atoms with van der Waals surface area (Å²) in [7, 11) is 0. The van der Waals surface area contributed by atoms with Crippen LogP contribution in [-0.4, -0.2) is 45.0 Å². The highest BCUT2D eigenvalue weighted by atomic mass is 16.6. The van der Waals surface area contributed by atoms with Crippen LogP contribution in [0.15, 0.2) is 12.3 Å². The van der Waals surface area contributed by atoms with Crippen LogP contribution in [-0.2, 0) is 0 Å². The molecule has 7 heteroatoms. The van der Waals surface area contributed by atoms with Crippen molar-refractivity contribution in [1.82, 2.24) is 9.88 Å². The Morgan fingerprint density at radius 1 is 1.53 bits per heavy atom. The number of amides is 1. The summed E-state index contributed by atoms with van der Waals surface area (Å²) in [6.07, 6.45) is 4.89. The van der Waals surface area contributed by atoms with Crippen molar-refractivity contribution < 1.29 is 14.8 Å². The predicted molar refractivity (Wildman–Crippen MR) is 67.8 cm³/mol. The molecule has 0 aromatic carbocycles. The zero-order chi connectivity index (χ0) is 13.8. The second kappa shape index (κ2) is 5.83. The summed E-state index contributed by atoms with van der Waals surface area (Å²) < 4.78 is 0. The number of nitrogens with zero attached hydrogens (tertiary/aromatic N) is 2. The summed E-state index contributed by atoms with van der Waals surface area (Å²) in [6, 6.07) is 1.04. The number of aromatic nitrogens is 1. The van der Waals surface area contributed by atoms with Crippen molar-refractivity contribution in [2.45, 2.75) is 31.7 Å². The quantitative estimate of drug-likeness (QED) is 0.636. The third kappa shape index (κ3) is 2.93. The minimum Gasteiger partial charge on any atom is -0.394 e. The van der Waals surface area contributed by atoms with E-state index >= 15 is 0 Å². The third-order valence-corrected chi connectivity index (χ3v) is 3.46. The molecule has 2 heterocycles. The Morgan fingerprint density at radius 3 is 2.95 bits per heavy atom. The van der Waals surface area contributed by atoms with Crippen molar-refractivity contribution >= 4 is 11.6 Å². The Hall–Kier alpha value is -1.89. The highest BCUT2D eigenvalue weighted by molar-refractivity contribution is 5.93. The standard InChI is InChI=1S/C12H17N3O4/c16-8-9-4-2-1-3-5-14(9)12(17)11-6-10(7-13-11)15(18)19/h6-7,9,13,16H,1-5,8H2. The van der Waals surface area contributed by atoms with E-state index in [1.807, 2.05) is 0 Å². The molecule has 1 unspecified atom stereocenters. The van der Waals surface area contributed by atoms with Crippen LogP contribution in [0.4, 0.5) is 5.69 Å². The minimum atomic E-state index is -0.542. The normalized spacial score (nSPS) is 20.1. The first-order valence-electron chi connectivity index (χ1n) is 6.38. The van der Waals surface area contributed by atoms with E-state index in [0.29, 0.717) is 6.54 Å².